The predicted octanol–water partition coefficient (Wildman–Crippen LogP) is 3.22. The Morgan fingerprint density at radius 3 is 2.36 bits per heavy atom. The Labute approximate surface area is 150 Å². The summed E-state index contributed by atoms with van der Waals surface area (Å²) >= 11 is 0. The zero-order valence-corrected chi connectivity index (χ0v) is 14.9. The van der Waals surface area contributed by atoms with Crippen LogP contribution in [0, 0.1) is 0 Å². The SMILES string of the molecule is CN1CCN(C(/C=N\O)c2cccc(CCc3ccccc3)c2)CC1. The molecule has 1 N–H and O–H groups in total. The van der Waals surface area contributed by atoms with Crippen LogP contribution in [0.2, 0.25) is 0 Å². The maximum Gasteiger partial charge on any atom is 0.0740 e. The molecule has 0 aromatic heterocycles. The van der Waals surface area contributed by atoms with Crippen LogP contribution in [0.1, 0.15) is 22.7 Å². The first-order valence-electron chi connectivity index (χ1n) is 8.99. The van der Waals surface area contributed by atoms with E-state index in [1.165, 1.54) is 16.7 Å². The standard InChI is InChI=1S/C21H27N3O/c1-23-12-14-24(15-13-23)21(17-22-25)20-9-5-8-19(16-20)11-10-18-6-3-2-4-7-18/h2-9,16-17,21,25H,10-15H2,1H3/b22-17-. The molecule has 1 heterocycles. The van der Waals surface area contributed by atoms with E-state index in [1.807, 2.05) is 0 Å². The van der Waals surface area contributed by atoms with Gasteiger partial charge in [-0.3, -0.25) is 4.90 Å². The van der Waals surface area contributed by atoms with Gasteiger partial charge in [-0.2, -0.15) is 0 Å². The van der Waals surface area contributed by atoms with Gasteiger partial charge in [0.25, 0.3) is 0 Å². The molecule has 0 bridgehead atoms. The summed E-state index contributed by atoms with van der Waals surface area (Å²) in [5, 5.41) is 12.5. The molecule has 3 rings (SSSR count). The molecule has 0 saturated carbocycles. The zero-order chi connectivity index (χ0) is 17.5. The lowest BCUT2D eigenvalue weighted by Gasteiger charge is -2.36. The van der Waals surface area contributed by atoms with Crippen LogP contribution in [0.4, 0.5) is 0 Å². The van der Waals surface area contributed by atoms with Crippen molar-refractivity contribution in [2.24, 2.45) is 5.16 Å². The van der Waals surface area contributed by atoms with E-state index in [0.29, 0.717) is 0 Å². The summed E-state index contributed by atoms with van der Waals surface area (Å²) in [7, 11) is 2.15. The van der Waals surface area contributed by atoms with Gasteiger partial charge < -0.3 is 10.1 Å². The summed E-state index contributed by atoms with van der Waals surface area (Å²) in [5.41, 5.74) is 3.89. The monoisotopic (exact) mass is 337 g/mol. The van der Waals surface area contributed by atoms with Crippen LogP contribution in [-0.2, 0) is 12.8 Å². The van der Waals surface area contributed by atoms with Crippen molar-refractivity contribution in [2.45, 2.75) is 18.9 Å². The molecule has 0 amide bonds. The molecule has 0 radical (unpaired) electrons. The van der Waals surface area contributed by atoms with E-state index in [-0.39, 0.29) is 6.04 Å². The molecule has 0 aliphatic carbocycles. The van der Waals surface area contributed by atoms with Gasteiger partial charge in [-0.15, -0.1) is 5.16 Å². The molecule has 1 aliphatic rings. The third-order valence-corrected chi connectivity index (χ3v) is 4.98. The Kier molecular flexibility index (Phi) is 6.20. The fourth-order valence-electron chi connectivity index (χ4n) is 3.42. The Morgan fingerprint density at radius 1 is 0.960 bits per heavy atom. The van der Waals surface area contributed by atoms with E-state index in [4.69, 9.17) is 5.21 Å². The van der Waals surface area contributed by atoms with Gasteiger partial charge >= 0.3 is 0 Å². The summed E-state index contributed by atoms with van der Waals surface area (Å²) in [5.74, 6) is 0. The minimum Gasteiger partial charge on any atom is -0.411 e. The summed E-state index contributed by atoms with van der Waals surface area (Å²) in [4.78, 5) is 4.72. The molecule has 25 heavy (non-hydrogen) atoms. The highest BCUT2D eigenvalue weighted by molar-refractivity contribution is 5.66. The highest BCUT2D eigenvalue weighted by atomic mass is 16.4. The largest absolute Gasteiger partial charge is 0.411 e. The lowest BCUT2D eigenvalue weighted by molar-refractivity contribution is 0.137. The number of benzene rings is 2. The molecule has 1 unspecified atom stereocenters. The highest BCUT2D eigenvalue weighted by Crippen LogP contribution is 2.22. The molecule has 0 spiro atoms. The Morgan fingerprint density at radius 2 is 1.64 bits per heavy atom. The summed E-state index contributed by atoms with van der Waals surface area (Å²) in [6.45, 7) is 4.07. The molecule has 1 fully saturated rings. The Bertz CT molecular complexity index is 679. The number of nitrogens with zero attached hydrogens (tertiary/aromatic N) is 3. The molecule has 4 nitrogen and oxygen atoms in total. The first-order valence-corrected chi connectivity index (χ1v) is 8.99. The van der Waals surface area contributed by atoms with Crippen LogP contribution in [0.25, 0.3) is 0 Å². The molecule has 2 aromatic rings. The van der Waals surface area contributed by atoms with Crippen molar-refractivity contribution in [3.05, 3.63) is 71.3 Å². The number of likely N-dealkylation sites (N-methyl/N-ethyl adjacent to an activating group) is 1. The summed E-state index contributed by atoms with van der Waals surface area (Å²) in [6, 6.07) is 19.3. The first-order chi connectivity index (χ1) is 12.3. The van der Waals surface area contributed by atoms with Crippen LogP contribution in [0.3, 0.4) is 0 Å². The van der Waals surface area contributed by atoms with Crippen LogP contribution < -0.4 is 0 Å². The van der Waals surface area contributed by atoms with Gasteiger partial charge in [0.2, 0.25) is 0 Å². The second-order valence-electron chi connectivity index (χ2n) is 6.78. The average Bonchev–Trinajstić information content (AvgIpc) is 2.66. The van der Waals surface area contributed by atoms with Crippen LogP contribution in [0.5, 0.6) is 0 Å². The fourth-order valence-corrected chi connectivity index (χ4v) is 3.42. The molecule has 4 heteroatoms. The van der Waals surface area contributed by atoms with Gasteiger partial charge in [-0.25, -0.2) is 0 Å². The number of rotatable bonds is 6. The van der Waals surface area contributed by atoms with E-state index >= 15 is 0 Å². The van der Waals surface area contributed by atoms with Crippen LogP contribution >= 0.6 is 0 Å². The molecular formula is C21H27N3O. The second kappa shape index (κ2) is 8.79. The van der Waals surface area contributed by atoms with Crippen LogP contribution in [-0.4, -0.2) is 54.4 Å². The van der Waals surface area contributed by atoms with E-state index in [1.54, 1.807) is 6.21 Å². The van der Waals surface area contributed by atoms with Crippen molar-refractivity contribution < 1.29 is 5.21 Å². The minimum absolute atomic E-state index is 0.0374. The second-order valence-corrected chi connectivity index (χ2v) is 6.78. The van der Waals surface area contributed by atoms with E-state index in [2.05, 4.69) is 76.6 Å². The maximum atomic E-state index is 9.13. The van der Waals surface area contributed by atoms with Gasteiger partial charge in [0.1, 0.15) is 0 Å². The molecule has 1 atom stereocenters. The molecular weight excluding hydrogens is 310 g/mol. The van der Waals surface area contributed by atoms with Crippen molar-refractivity contribution in [1.82, 2.24) is 9.80 Å². The number of hydrogen-bond donors (Lipinski definition) is 1. The number of aryl methyl sites for hydroxylation is 2. The Hall–Kier alpha value is -2.17. The maximum absolute atomic E-state index is 9.13. The van der Waals surface area contributed by atoms with Crippen LogP contribution in [0.15, 0.2) is 59.8 Å². The number of piperazine rings is 1. The van der Waals surface area contributed by atoms with E-state index < -0.39 is 0 Å². The summed E-state index contributed by atoms with van der Waals surface area (Å²) < 4.78 is 0. The molecule has 1 saturated heterocycles. The lowest BCUT2D eigenvalue weighted by atomic mass is 9.99. The van der Waals surface area contributed by atoms with Crippen molar-refractivity contribution in [3.63, 3.8) is 0 Å². The topological polar surface area (TPSA) is 39.1 Å². The smallest absolute Gasteiger partial charge is 0.0740 e. The fraction of sp³-hybridized carbons (Fsp3) is 0.381. The van der Waals surface area contributed by atoms with Crippen molar-refractivity contribution in [3.8, 4) is 0 Å². The van der Waals surface area contributed by atoms with Gasteiger partial charge in [0.05, 0.1) is 12.3 Å². The Balaban J connectivity index is 1.71. The van der Waals surface area contributed by atoms with Gasteiger partial charge in [0, 0.05) is 26.2 Å². The van der Waals surface area contributed by atoms with Gasteiger partial charge in [-0.05, 0) is 36.6 Å². The first kappa shape index (κ1) is 17.6. The average molecular weight is 337 g/mol. The number of hydrogen-bond acceptors (Lipinski definition) is 4. The third kappa shape index (κ3) is 4.91. The molecule has 132 valence electrons. The molecule has 1 aliphatic heterocycles. The quantitative estimate of drug-likeness (QED) is 0.500. The normalized spacial score (nSPS) is 17.8. The highest BCUT2D eigenvalue weighted by Gasteiger charge is 2.22. The number of oxime groups is 1. The van der Waals surface area contributed by atoms with Crippen molar-refractivity contribution >= 4 is 6.21 Å². The van der Waals surface area contributed by atoms with Crippen molar-refractivity contribution in [2.75, 3.05) is 33.2 Å². The van der Waals surface area contributed by atoms with E-state index in [0.717, 1.165) is 39.0 Å². The third-order valence-electron chi connectivity index (χ3n) is 4.98. The predicted molar refractivity (Wildman–Crippen MR) is 102 cm³/mol. The lowest BCUT2D eigenvalue weighted by Crippen LogP contribution is -2.46. The van der Waals surface area contributed by atoms with E-state index in [9.17, 15) is 0 Å². The zero-order valence-electron chi connectivity index (χ0n) is 14.9. The molecule has 2 aromatic carbocycles. The van der Waals surface area contributed by atoms with Gasteiger partial charge in [-0.1, -0.05) is 54.6 Å². The minimum atomic E-state index is 0.0374. The van der Waals surface area contributed by atoms with Gasteiger partial charge in [0.15, 0.2) is 0 Å². The van der Waals surface area contributed by atoms with Crippen molar-refractivity contribution in [1.29, 1.82) is 0 Å². The summed E-state index contributed by atoms with van der Waals surface area (Å²) in [6.07, 6.45) is 3.71.